The van der Waals surface area contributed by atoms with Crippen LogP contribution in [0.3, 0.4) is 0 Å². The molecular weight excluding hydrogens is 330 g/mol. The number of fused-ring (bicyclic) bond motifs is 1. The first-order chi connectivity index (χ1) is 12.4. The number of amides is 1. The Morgan fingerprint density at radius 3 is 2.69 bits per heavy atom. The van der Waals surface area contributed by atoms with Crippen molar-refractivity contribution in [3.8, 4) is 11.5 Å². The van der Waals surface area contributed by atoms with Crippen LogP contribution in [0.1, 0.15) is 38.8 Å². The Kier molecular flexibility index (Phi) is 5.73. The van der Waals surface area contributed by atoms with Crippen molar-refractivity contribution < 1.29 is 14.3 Å². The first kappa shape index (κ1) is 19.0. The van der Waals surface area contributed by atoms with Gasteiger partial charge in [-0.05, 0) is 48.5 Å². The molecule has 0 saturated carbocycles. The summed E-state index contributed by atoms with van der Waals surface area (Å²) in [7, 11) is 0. The molecule has 1 saturated heterocycles. The van der Waals surface area contributed by atoms with Crippen LogP contribution in [0.25, 0.3) is 0 Å². The van der Waals surface area contributed by atoms with Gasteiger partial charge < -0.3 is 20.5 Å². The number of hydrogen-bond acceptors (Lipinski definition) is 5. The molecule has 0 spiro atoms. The van der Waals surface area contributed by atoms with Crippen LogP contribution in [0.15, 0.2) is 18.2 Å². The maximum atomic E-state index is 12.6. The molecule has 6 nitrogen and oxygen atoms in total. The summed E-state index contributed by atoms with van der Waals surface area (Å²) in [5, 5.41) is 3.20. The van der Waals surface area contributed by atoms with E-state index in [0.29, 0.717) is 26.3 Å². The van der Waals surface area contributed by atoms with Crippen LogP contribution in [-0.4, -0.2) is 50.2 Å². The van der Waals surface area contributed by atoms with Gasteiger partial charge in [-0.1, -0.05) is 26.8 Å². The number of hydrogen-bond donors (Lipinski definition) is 2. The second-order valence-electron chi connectivity index (χ2n) is 8.17. The number of rotatable bonds is 6. The number of likely N-dealkylation sites (tertiary alicyclic amines) is 1. The van der Waals surface area contributed by atoms with Gasteiger partial charge in [-0.25, -0.2) is 0 Å². The van der Waals surface area contributed by atoms with Gasteiger partial charge in [0.1, 0.15) is 13.2 Å². The van der Waals surface area contributed by atoms with Crippen molar-refractivity contribution in [2.24, 2.45) is 17.1 Å². The minimum atomic E-state index is -0.0539. The van der Waals surface area contributed by atoms with Crippen LogP contribution < -0.4 is 20.5 Å². The number of carbonyl (C=O) groups is 1. The summed E-state index contributed by atoms with van der Waals surface area (Å²) in [5.74, 6) is 1.85. The SMILES string of the molecule is CC(C)C(NC(=O)CN1CCC(C)(CN)C1)c1ccc2c(c1)OCCO2. The average molecular weight is 361 g/mol. The summed E-state index contributed by atoms with van der Waals surface area (Å²) >= 11 is 0. The van der Waals surface area contributed by atoms with Crippen molar-refractivity contribution in [1.82, 2.24) is 10.2 Å². The molecule has 2 atom stereocenters. The van der Waals surface area contributed by atoms with E-state index in [2.05, 4.69) is 31.0 Å². The molecular formula is C20H31N3O3. The van der Waals surface area contributed by atoms with Gasteiger partial charge in [-0.3, -0.25) is 9.69 Å². The first-order valence-corrected chi connectivity index (χ1v) is 9.51. The lowest BCUT2D eigenvalue weighted by molar-refractivity contribution is -0.123. The Hall–Kier alpha value is -1.79. The number of benzene rings is 1. The molecule has 2 aliphatic rings. The molecule has 2 aliphatic heterocycles. The molecule has 0 bridgehead atoms. The van der Waals surface area contributed by atoms with Crippen LogP contribution in [0.5, 0.6) is 11.5 Å². The molecule has 0 aliphatic carbocycles. The van der Waals surface area contributed by atoms with Crippen molar-refractivity contribution in [3.63, 3.8) is 0 Å². The Morgan fingerprint density at radius 1 is 1.31 bits per heavy atom. The number of nitrogens with two attached hydrogens (primary N) is 1. The molecule has 3 rings (SSSR count). The molecule has 0 radical (unpaired) electrons. The highest BCUT2D eigenvalue weighted by molar-refractivity contribution is 5.78. The van der Waals surface area contributed by atoms with Gasteiger partial charge in [0.15, 0.2) is 11.5 Å². The minimum Gasteiger partial charge on any atom is -0.486 e. The van der Waals surface area contributed by atoms with Crippen LogP contribution in [-0.2, 0) is 4.79 Å². The molecule has 2 heterocycles. The maximum absolute atomic E-state index is 12.6. The summed E-state index contributed by atoms with van der Waals surface area (Å²) < 4.78 is 11.3. The van der Waals surface area contributed by atoms with Gasteiger partial charge in [0.05, 0.1) is 12.6 Å². The molecule has 0 aromatic heterocycles. The second kappa shape index (κ2) is 7.84. The van der Waals surface area contributed by atoms with Gasteiger partial charge in [-0.15, -0.1) is 0 Å². The normalized spacial score (nSPS) is 23.9. The van der Waals surface area contributed by atoms with Crippen molar-refractivity contribution in [2.45, 2.75) is 33.2 Å². The summed E-state index contributed by atoms with van der Waals surface area (Å²) in [6, 6.07) is 5.88. The molecule has 26 heavy (non-hydrogen) atoms. The van der Waals surface area contributed by atoms with Crippen LogP contribution in [0.2, 0.25) is 0 Å². The lowest BCUT2D eigenvalue weighted by atomic mass is 9.90. The van der Waals surface area contributed by atoms with Crippen LogP contribution >= 0.6 is 0 Å². The topological polar surface area (TPSA) is 76.8 Å². The molecule has 1 aromatic carbocycles. The summed E-state index contributed by atoms with van der Waals surface area (Å²) in [6.45, 7) is 10.5. The van der Waals surface area contributed by atoms with Gasteiger partial charge in [0, 0.05) is 6.54 Å². The van der Waals surface area contributed by atoms with Gasteiger partial charge in [0.2, 0.25) is 5.91 Å². The van der Waals surface area contributed by atoms with E-state index in [1.54, 1.807) is 0 Å². The fourth-order valence-electron chi connectivity index (χ4n) is 3.74. The van der Waals surface area contributed by atoms with E-state index in [9.17, 15) is 4.79 Å². The third kappa shape index (κ3) is 4.30. The van der Waals surface area contributed by atoms with Gasteiger partial charge >= 0.3 is 0 Å². The zero-order chi connectivity index (χ0) is 18.7. The maximum Gasteiger partial charge on any atom is 0.234 e. The molecule has 6 heteroatoms. The standard InChI is InChI=1S/C20H31N3O3/c1-14(2)19(15-4-5-16-17(10-15)26-9-8-25-16)22-18(24)11-23-7-6-20(3,12-21)13-23/h4-5,10,14,19H,6-9,11-13,21H2,1-3H3,(H,22,24). The smallest absolute Gasteiger partial charge is 0.234 e. The highest BCUT2D eigenvalue weighted by atomic mass is 16.6. The van der Waals surface area contributed by atoms with Crippen molar-refractivity contribution in [2.75, 3.05) is 39.4 Å². The number of ether oxygens (including phenoxy) is 2. The molecule has 1 fully saturated rings. The zero-order valence-electron chi connectivity index (χ0n) is 16.1. The quantitative estimate of drug-likeness (QED) is 0.810. The highest BCUT2D eigenvalue weighted by Crippen LogP contribution is 2.34. The molecule has 144 valence electrons. The molecule has 1 aromatic rings. The summed E-state index contributed by atoms with van der Waals surface area (Å²) in [6.07, 6.45) is 1.05. The lowest BCUT2D eigenvalue weighted by Crippen LogP contribution is -2.40. The molecule has 1 amide bonds. The average Bonchev–Trinajstić information content (AvgIpc) is 3.00. The van der Waals surface area contributed by atoms with E-state index in [-0.39, 0.29) is 23.3 Å². The Morgan fingerprint density at radius 2 is 2.04 bits per heavy atom. The van der Waals surface area contributed by atoms with Crippen molar-refractivity contribution in [3.05, 3.63) is 23.8 Å². The first-order valence-electron chi connectivity index (χ1n) is 9.51. The summed E-state index contributed by atoms with van der Waals surface area (Å²) in [4.78, 5) is 14.8. The fraction of sp³-hybridized carbons (Fsp3) is 0.650. The number of nitrogens with one attached hydrogen (secondary N) is 1. The third-order valence-corrected chi connectivity index (χ3v) is 5.41. The zero-order valence-corrected chi connectivity index (χ0v) is 16.1. The molecule has 2 unspecified atom stereocenters. The predicted octanol–water partition coefficient (Wildman–Crippen LogP) is 1.94. The lowest BCUT2D eigenvalue weighted by Gasteiger charge is -2.27. The predicted molar refractivity (Wildman–Crippen MR) is 101 cm³/mol. The van der Waals surface area contributed by atoms with Crippen LogP contribution in [0.4, 0.5) is 0 Å². The van der Waals surface area contributed by atoms with Gasteiger partial charge in [0.25, 0.3) is 0 Å². The van der Waals surface area contributed by atoms with Crippen LogP contribution in [0, 0.1) is 11.3 Å². The Balaban J connectivity index is 1.64. The largest absolute Gasteiger partial charge is 0.486 e. The van der Waals surface area contributed by atoms with E-state index in [0.717, 1.165) is 36.6 Å². The minimum absolute atomic E-state index is 0.0539. The van der Waals surface area contributed by atoms with Crippen molar-refractivity contribution in [1.29, 1.82) is 0 Å². The Bertz CT molecular complexity index is 649. The van der Waals surface area contributed by atoms with E-state index < -0.39 is 0 Å². The van der Waals surface area contributed by atoms with E-state index >= 15 is 0 Å². The second-order valence-corrected chi connectivity index (χ2v) is 8.17. The van der Waals surface area contributed by atoms with E-state index in [1.807, 2.05) is 18.2 Å². The van der Waals surface area contributed by atoms with Crippen molar-refractivity contribution >= 4 is 5.91 Å². The third-order valence-electron chi connectivity index (χ3n) is 5.41. The highest BCUT2D eigenvalue weighted by Gasteiger charge is 2.33. The Labute approximate surface area is 156 Å². The van der Waals surface area contributed by atoms with E-state index in [1.165, 1.54) is 0 Å². The molecule has 3 N–H and O–H groups in total. The number of nitrogens with zero attached hydrogens (tertiary/aromatic N) is 1. The monoisotopic (exact) mass is 361 g/mol. The summed E-state index contributed by atoms with van der Waals surface area (Å²) in [5.41, 5.74) is 7.04. The fourth-order valence-corrected chi connectivity index (χ4v) is 3.74. The van der Waals surface area contributed by atoms with Gasteiger partial charge in [-0.2, -0.15) is 0 Å². The van der Waals surface area contributed by atoms with E-state index in [4.69, 9.17) is 15.2 Å². The number of carbonyl (C=O) groups excluding carboxylic acids is 1.